The van der Waals surface area contributed by atoms with Gasteiger partial charge in [-0.1, -0.05) is 40.9 Å². The maximum atomic E-state index is 12.7. The van der Waals surface area contributed by atoms with Crippen molar-refractivity contribution in [1.29, 1.82) is 0 Å². The number of hydrogen-bond donors (Lipinski definition) is 1. The largest absolute Gasteiger partial charge is 0.334 e. The molecule has 10 heteroatoms. The van der Waals surface area contributed by atoms with Crippen LogP contribution in [-0.2, 0) is 16.6 Å². The molecule has 0 unspecified atom stereocenters. The Balaban J connectivity index is 1.37. The molecular weight excluding hydrogens is 457 g/mol. The lowest BCUT2D eigenvalue weighted by atomic mass is 9.79. The zero-order valence-corrected chi connectivity index (χ0v) is 18.3. The third-order valence-corrected chi connectivity index (χ3v) is 8.10. The van der Waals surface area contributed by atoms with Crippen molar-refractivity contribution >= 4 is 50.9 Å². The van der Waals surface area contributed by atoms with E-state index in [1.807, 2.05) is 0 Å². The first kappa shape index (κ1) is 20.8. The van der Waals surface area contributed by atoms with E-state index in [9.17, 15) is 13.2 Å². The van der Waals surface area contributed by atoms with Gasteiger partial charge in [-0.25, -0.2) is 13.2 Å². The molecule has 2 aliphatic rings. The van der Waals surface area contributed by atoms with Gasteiger partial charge in [-0.15, -0.1) is 0 Å². The minimum Gasteiger partial charge on any atom is -0.334 e. The number of benzene rings is 2. The third kappa shape index (κ3) is 3.82. The first-order chi connectivity index (χ1) is 13.7. The van der Waals surface area contributed by atoms with Crippen LogP contribution in [0, 0.1) is 0 Å². The van der Waals surface area contributed by atoms with E-state index in [2.05, 4.69) is 5.32 Å². The predicted octanol–water partition coefficient (Wildman–Crippen LogP) is 4.01. The van der Waals surface area contributed by atoms with Crippen molar-refractivity contribution in [3.63, 3.8) is 0 Å². The molecule has 0 aromatic heterocycles. The molecule has 6 nitrogen and oxygen atoms in total. The molecule has 0 radical (unpaired) electrons. The van der Waals surface area contributed by atoms with E-state index in [0.29, 0.717) is 21.6 Å². The first-order valence-corrected chi connectivity index (χ1v) is 11.5. The number of likely N-dealkylation sites (tertiary alicyclic amines) is 1. The number of sulfonamides is 1. The quantitative estimate of drug-likeness (QED) is 0.728. The topological polar surface area (TPSA) is 69.7 Å². The normalized spacial score (nSPS) is 18.2. The van der Waals surface area contributed by atoms with E-state index in [0.717, 1.165) is 12.0 Å². The second-order valence-corrected chi connectivity index (χ2v) is 10.5. The Morgan fingerprint density at radius 2 is 1.69 bits per heavy atom. The molecule has 2 aromatic rings. The second kappa shape index (κ2) is 7.63. The fourth-order valence-corrected chi connectivity index (χ4v) is 5.85. The number of rotatable bonds is 4. The molecule has 29 heavy (non-hydrogen) atoms. The van der Waals surface area contributed by atoms with Gasteiger partial charge in [-0.2, -0.15) is 4.31 Å². The molecule has 0 aliphatic carbocycles. The van der Waals surface area contributed by atoms with E-state index < -0.39 is 15.6 Å². The summed E-state index contributed by atoms with van der Waals surface area (Å²) in [5, 5.41) is 4.35. The summed E-state index contributed by atoms with van der Waals surface area (Å²) in [5.74, 6) is 0. The highest BCUT2D eigenvalue weighted by Crippen LogP contribution is 2.41. The smallest absolute Gasteiger partial charge is 0.318 e. The number of carbonyl (C=O) groups is 1. The van der Waals surface area contributed by atoms with Gasteiger partial charge in [0.25, 0.3) is 0 Å². The molecule has 1 N–H and O–H groups in total. The van der Waals surface area contributed by atoms with Crippen LogP contribution in [-0.4, -0.2) is 48.8 Å². The summed E-state index contributed by atoms with van der Waals surface area (Å²) < 4.78 is 26.9. The molecule has 0 bridgehead atoms. The minimum atomic E-state index is -3.59. The maximum absolute atomic E-state index is 12.7. The van der Waals surface area contributed by atoms with Crippen LogP contribution < -0.4 is 5.32 Å². The fraction of sp³-hybridized carbons (Fsp3) is 0.316. The Kier molecular flexibility index (Phi) is 5.46. The Labute approximate surface area is 184 Å². The number of nitrogens with zero attached hydrogens (tertiary/aromatic N) is 2. The van der Waals surface area contributed by atoms with Crippen LogP contribution in [0.5, 0.6) is 0 Å². The molecule has 2 saturated heterocycles. The van der Waals surface area contributed by atoms with Crippen molar-refractivity contribution in [3.8, 4) is 0 Å². The molecule has 2 aliphatic heterocycles. The monoisotopic (exact) mass is 473 g/mol. The number of carbonyl (C=O) groups excluding carboxylic acids is 1. The van der Waals surface area contributed by atoms with Crippen LogP contribution >= 0.6 is 34.8 Å². The van der Waals surface area contributed by atoms with Gasteiger partial charge >= 0.3 is 6.03 Å². The van der Waals surface area contributed by atoms with Crippen LogP contribution in [0.25, 0.3) is 0 Å². The number of urea groups is 1. The van der Waals surface area contributed by atoms with Crippen molar-refractivity contribution in [1.82, 2.24) is 14.5 Å². The van der Waals surface area contributed by atoms with E-state index in [1.165, 1.54) is 16.4 Å². The van der Waals surface area contributed by atoms with Gasteiger partial charge in [-0.05, 0) is 48.4 Å². The zero-order valence-electron chi connectivity index (χ0n) is 15.2. The second-order valence-electron chi connectivity index (χ2n) is 7.25. The van der Waals surface area contributed by atoms with Gasteiger partial charge in [-0.3, -0.25) is 0 Å². The number of amides is 2. The summed E-state index contributed by atoms with van der Waals surface area (Å²) in [6, 6.07) is 11.0. The van der Waals surface area contributed by atoms with E-state index >= 15 is 0 Å². The SMILES string of the molecule is O=C(NCc1ccc(Cl)cc1Cl)N1CCC12CN(S(=O)(=O)c1ccc(Cl)cc1)C2. The predicted molar refractivity (Wildman–Crippen MR) is 113 cm³/mol. The molecule has 2 heterocycles. The van der Waals surface area contributed by atoms with Crippen LogP contribution in [0.1, 0.15) is 12.0 Å². The maximum Gasteiger partial charge on any atom is 0.318 e. The molecule has 4 rings (SSSR count). The number of nitrogens with one attached hydrogen (secondary N) is 1. The van der Waals surface area contributed by atoms with Gasteiger partial charge in [0.05, 0.1) is 10.4 Å². The first-order valence-electron chi connectivity index (χ1n) is 8.96. The highest BCUT2D eigenvalue weighted by molar-refractivity contribution is 7.89. The number of hydrogen-bond acceptors (Lipinski definition) is 3. The summed E-state index contributed by atoms with van der Waals surface area (Å²) in [6.07, 6.45) is 0.773. The van der Waals surface area contributed by atoms with E-state index in [4.69, 9.17) is 34.8 Å². The third-order valence-electron chi connectivity index (χ3n) is 5.46. The Bertz CT molecular complexity index is 1050. The Morgan fingerprint density at radius 1 is 1.03 bits per heavy atom. The van der Waals surface area contributed by atoms with Gasteiger partial charge in [0, 0.05) is 41.2 Å². The summed E-state index contributed by atoms with van der Waals surface area (Å²) in [6.45, 7) is 1.43. The van der Waals surface area contributed by atoms with Crippen molar-refractivity contribution < 1.29 is 13.2 Å². The van der Waals surface area contributed by atoms with Gasteiger partial charge in [0.2, 0.25) is 10.0 Å². The van der Waals surface area contributed by atoms with Gasteiger partial charge in [0.15, 0.2) is 0 Å². The Hall–Kier alpha value is -1.51. The van der Waals surface area contributed by atoms with Gasteiger partial charge in [0.1, 0.15) is 0 Å². The highest BCUT2D eigenvalue weighted by Gasteiger charge is 2.58. The van der Waals surface area contributed by atoms with Crippen LogP contribution in [0.15, 0.2) is 47.4 Å². The fourth-order valence-electron chi connectivity index (χ4n) is 3.65. The Morgan fingerprint density at radius 3 is 2.28 bits per heavy atom. The van der Waals surface area contributed by atoms with Crippen molar-refractivity contribution in [2.45, 2.75) is 23.4 Å². The molecule has 0 saturated carbocycles. The minimum absolute atomic E-state index is 0.199. The standard InChI is InChI=1S/C19H18Cl3N3O3S/c20-14-3-5-16(6-4-14)29(27,28)24-11-19(12-24)7-8-25(19)18(26)23-10-13-1-2-15(21)9-17(13)22/h1-6,9H,7-8,10-12H2,(H,23,26). The molecule has 2 amide bonds. The lowest BCUT2D eigenvalue weighted by molar-refractivity contribution is -0.0589. The van der Waals surface area contributed by atoms with Crippen molar-refractivity contribution in [2.75, 3.05) is 19.6 Å². The molecular formula is C19H18Cl3N3O3S. The lowest BCUT2D eigenvalue weighted by Crippen LogP contribution is -2.79. The van der Waals surface area contributed by atoms with Crippen molar-refractivity contribution in [3.05, 3.63) is 63.1 Å². The van der Waals surface area contributed by atoms with E-state index in [1.54, 1.807) is 35.2 Å². The number of halogens is 3. The highest BCUT2D eigenvalue weighted by atomic mass is 35.5. The molecule has 2 fully saturated rings. The summed E-state index contributed by atoms with van der Waals surface area (Å²) in [7, 11) is -3.59. The van der Waals surface area contributed by atoms with E-state index in [-0.39, 0.29) is 30.6 Å². The molecule has 154 valence electrons. The lowest BCUT2D eigenvalue weighted by Gasteiger charge is -2.61. The van der Waals surface area contributed by atoms with Crippen LogP contribution in [0.4, 0.5) is 4.79 Å². The summed E-state index contributed by atoms with van der Waals surface area (Å²) in [4.78, 5) is 14.5. The molecule has 1 spiro atoms. The van der Waals surface area contributed by atoms with Crippen LogP contribution in [0.3, 0.4) is 0 Å². The molecule has 0 atom stereocenters. The zero-order chi connectivity index (χ0) is 20.8. The average Bonchev–Trinajstić information content (AvgIpc) is 2.59. The molecule has 2 aromatic carbocycles. The van der Waals surface area contributed by atoms with Crippen molar-refractivity contribution in [2.24, 2.45) is 0 Å². The summed E-state index contributed by atoms with van der Waals surface area (Å²) >= 11 is 17.9. The summed E-state index contributed by atoms with van der Waals surface area (Å²) in [5.41, 5.74) is 0.326. The van der Waals surface area contributed by atoms with Gasteiger partial charge < -0.3 is 10.2 Å². The average molecular weight is 475 g/mol. The van der Waals surface area contributed by atoms with Crippen LogP contribution in [0.2, 0.25) is 15.1 Å².